The third-order valence-corrected chi connectivity index (χ3v) is 2.85. The van der Waals surface area contributed by atoms with Crippen molar-refractivity contribution >= 4 is 22.8 Å². The first-order valence-electron chi connectivity index (χ1n) is 5.34. The Morgan fingerprint density at radius 3 is 2.76 bits per heavy atom. The molecule has 2 aromatic heterocycles. The van der Waals surface area contributed by atoms with Crippen LogP contribution in [0.15, 0.2) is 17.8 Å². The lowest BCUT2D eigenvalue weighted by atomic mass is 10.4. The van der Waals surface area contributed by atoms with E-state index in [1.54, 1.807) is 11.3 Å². The van der Waals surface area contributed by atoms with Crippen molar-refractivity contribution in [3.05, 3.63) is 12.7 Å². The minimum atomic E-state index is 0.821. The maximum absolute atomic E-state index is 4.41. The van der Waals surface area contributed by atoms with Crippen molar-refractivity contribution in [1.29, 1.82) is 0 Å². The molecule has 0 aromatic carbocycles. The number of imidazole rings is 1. The Morgan fingerprint density at radius 1 is 1.29 bits per heavy atom. The number of hydrogen-bond acceptors (Lipinski definition) is 5. The van der Waals surface area contributed by atoms with Gasteiger partial charge in [0, 0.05) is 28.1 Å². The van der Waals surface area contributed by atoms with Crippen LogP contribution >= 0.6 is 0 Å². The maximum atomic E-state index is 4.41. The molecule has 17 heavy (non-hydrogen) atoms. The van der Waals surface area contributed by atoms with Crippen molar-refractivity contribution in [2.45, 2.75) is 6.92 Å². The van der Waals surface area contributed by atoms with E-state index in [0.717, 1.165) is 22.8 Å². The number of hydrogen-bond donors (Lipinski definition) is 0. The molecule has 0 fully saturated rings. The number of aromatic nitrogens is 4. The van der Waals surface area contributed by atoms with Gasteiger partial charge in [-0.05, 0) is 5.10 Å². The first-order valence-corrected chi connectivity index (χ1v) is 5.34. The summed E-state index contributed by atoms with van der Waals surface area (Å²) in [5, 5.41) is 8.16. The second-order valence-electron chi connectivity index (χ2n) is 4.22. The summed E-state index contributed by atoms with van der Waals surface area (Å²) in [5.41, 5.74) is 1.86. The van der Waals surface area contributed by atoms with Gasteiger partial charge in [-0.15, -0.1) is 4.68 Å². The first kappa shape index (κ1) is 10.0. The molecular formula is C10H14N7+. The largest absolute Gasteiger partial charge is 0.271 e. The van der Waals surface area contributed by atoms with E-state index in [2.05, 4.69) is 15.1 Å². The molecule has 3 rings (SSSR count). The molecule has 88 valence electrons. The summed E-state index contributed by atoms with van der Waals surface area (Å²) in [5.74, 6) is 1.72. The fraction of sp³-hybridized carbons (Fsp3) is 0.400. The summed E-state index contributed by atoms with van der Waals surface area (Å²) in [6.07, 6.45) is 3.53. The molecule has 0 spiro atoms. The highest BCUT2D eigenvalue weighted by atomic mass is 15.6. The smallest absolute Gasteiger partial charge is 0.264 e. The summed E-state index contributed by atoms with van der Waals surface area (Å²) in [4.78, 5) is 8.62. The number of hydrazone groups is 1. The van der Waals surface area contributed by atoms with Gasteiger partial charge in [-0.2, -0.15) is 14.6 Å². The molecule has 0 amide bonds. The molecule has 0 N–H and O–H groups in total. The Kier molecular flexibility index (Phi) is 1.86. The minimum Gasteiger partial charge on any atom is -0.271 e. The predicted molar refractivity (Wildman–Crippen MR) is 64.7 cm³/mol. The van der Waals surface area contributed by atoms with Gasteiger partial charge in [-0.3, -0.25) is 5.01 Å². The Labute approximate surface area is 98.6 Å². The second kappa shape index (κ2) is 3.16. The normalized spacial score (nSPS) is 14.1. The summed E-state index contributed by atoms with van der Waals surface area (Å²) < 4.78 is 3.98. The van der Waals surface area contributed by atoms with Crippen molar-refractivity contribution in [2.24, 2.45) is 5.10 Å². The third-order valence-electron chi connectivity index (χ3n) is 2.85. The van der Waals surface area contributed by atoms with Crippen LogP contribution in [0.4, 0.5) is 5.82 Å². The lowest BCUT2D eigenvalue weighted by Gasteiger charge is -2.12. The highest BCUT2D eigenvalue weighted by Gasteiger charge is 2.29. The fourth-order valence-electron chi connectivity index (χ4n) is 2.05. The molecule has 1 aliphatic heterocycles. The van der Waals surface area contributed by atoms with Gasteiger partial charge in [0.15, 0.2) is 0 Å². The van der Waals surface area contributed by atoms with Gasteiger partial charge in [0.2, 0.25) is 17.7 Å². The van der Waals surface area contributed by atoms with E-state index in [9.17, 15) is 0 Å². The molecule has 0 atom stereocenters. The quantitative estimate of drug-likeness (QED) is 0.625. The van der Waals surface area contributed by atoms with E-state index in [4.69, 9.17) is 0 Å². The molecule has 0 saturated heterocycles. The minimum absolute atomic E-state index is 0.821. The van der Waals surface area contributed by atoms with Crippen LogP contribution in [0.2, 0.25) is 0 Å². The molecule has 0 unspecified atom stereocenters. The van der Waals surface area contributed by atoms with E-state index in [-0.39, 0.29) is 0 Å². The molecular weight excluding hydrogens is 218 g/mol. The predicted octanol–water partition coefficient (Wildman–Crippen LogP) is -0.452. The van der Waals surface area contributed by atoms with E-state index < -0.39 is 0 Å². The van der Waals surface area contributed by atoms with Crippen molar-refractivity contribution in [3.8, 4) is 0 Å². The lowest BCUT2D eigenvalue weighted by molar-refractivity contribution is -0.529. The number of rotatable bonds is 1. The van der Waals surface area contributed by atoms with Gasteiger partial charge in [0.25, 0.3) is 11.5 Å². The summed E-state index contributed by atoms with van der Waals surface area (Å²) >= 11 is 0. The van der Waals surface area contributed by atoms with Gasteiger partial charge in [-0.25, -0.2) is 4.98 Å². The number of nitrogens with zero attached hydrogens (tertiary/aromatic N) is 7. The van der Waals surface area contributed by atoms with Crippen LogP contribution in [-0.4, -0.2) is 41.6 Å². The standard InChI is InChI=1S/C10H14N7/c1-7-13-15(4)9-8-10(12-5-11-9)17(14(2)3)6-16(7)8/h5-6H,1-4H3/q+1. The van der Waals surface area contributed by atoms with Crippen molar-refractivity contribution < 1.29 is 4.57 Å². The Balaban J connectivity index is 2.44. The highest BCUT2D eigenvalue weighted by Crippen LogP contribution is 2.21. The Bertz CT molecular complexity index is 625. The summed E-state index contributed by atoms with van der Waals surface area (Å²) in [6.45, 7) is 1.96. The molecule has 3 heterocycles. The van der Waals surface area contributed by atoms with Crippen LogP contribution < -0.4 is 14.6 Å². The van der Waals surface area contributed by atoms with Crippen molar-refractivity contribution in [3.63, 3.8) is 0 Å². The topological polar surface area (TPSA) is 53.4 Å². The average Bonchev–Trinajstić information content (AvgIpc) is 2.67. The van der Waals surface area contributed by atoms with Crippen LogP contribution in [0.3, 0.4) is 0 Å². The molecule has 2 aromatic rings. The summed E-state index contributed by atoms with van der Waals surface area (Å²) in [6, 6.07) is 0. The Morgan fingerprint density at radius 2 is 2.06 bits per heavy atom. The summed E-state index contributed by atoms with van der Waals surface area (Å²) in [7, 11) is 5.83. The fourth-order valence-corrected chi connectivity index (χ4v) is 2.05. The van der Waals surface area contributed by atoms with Crippen LogP contribution in [0.25, 0.3) is 11.2 Å². The highest BCUT2D eigenvalue weighted by molar-refractivity contribution is 5.88. The molecule has 1 aliphatic rings. The lowest BCUT2D eigenvalue weighted by Crippen LogP contribution is -2.45. The number of anilines is 1. The van der Waals surface area contributed by atoms with Crippen LogP contribution in [-0.2, 0) is 0 Å². The van der Waals surface area contributed by atoms with Gasteiger partial charge >= 0.3 is 0 Å². The molecule has 0 bridgehead atoms. The van der Waals surface area contributed by atoms with E-state index in [0.29, 0.717) is 0 Å². The SMILES string of the molecule is CC1=NN(C)c2ncnc3c2[n+]1cn3N(C)C. The zero-order valence-electron chi connectivity index (χ0n) is 10.3. The zero-order valence-corrected chi connectivity index (χ0v) is 10.3. The average molecular weight is 232 g/mol. The van der Waals surface area contributed by atoms with Crippen molar-refractivity contribution in [1.82, 2.24) is 14.6 Å². The molecule has 0 radical (unpaired) electrons. The van der Waals surface area contributed by atoms with E-state index in [1.165, 1.54) is 0 Å². The zero-order chi connectivity index (χ0) is 12.2. The van der Waals surface area contributed by atoms with Crippen molar-refractivity contribution in [2.75, 3.05) is 31.2 Å². The maximum Gasteiger partial charge on any atom is 0.264 e. The molecule has 7 nitrogen and oxygen atoms in total. The van der Waals surface area contributed by atoms with Gasteiger partial charge in [0.05, 0.1) is 0 Å². The van der Waals surface area contributed by atoms with Gasteiger partial charge in [0.1, 0.15) is 6.33 Å². The van der Waals surface area contributed by atoms with Crippen LogP contribution in [0.1, 0.15) is 6.92 Å². The van der Waals surface area contributed by atoms with Gasteiger partial charge in [-0.1, -0.05) is 0 Å². The van der Waals surface area contributed by atoms with E-state index >= 15 is 0 Å². The molecule has 0 saturated carbocycles. The van der Waals surface area contributed by atoms with E-state index in [1.807, 2.05) is 48.6 Å². The van der Waals surface area contributed by atoms with Crippen LogP contribution in [0.5, 0.6) is 0 Å². The molecule has 0 aliphatic carbocycles. The van der Waals surface area contributed by atoms with Gasteiger partial charge < -0.3 is 0 Å². The first-order chi connectivity index (χ1) is 8.09. The Hall–Kier alpha value is -2.18. The second-order valence-corrected chi connectivity index (χ2v) is 4.22. The third kappa shape index (κ3) is 1.22. The molecule has 7 heteroatoms. The monoisotopic (exact) mass is 232 g/mol. The van der Waals surface area contributed by atoms with Crippen LogP contribution in [0, 0.1) is 0 Å².